The molecule has 1 amide bonds. The molecule has 2 saturated heterocycles. The Hall–Kier alpha value is -2.47. The largest absolute Gasteiger partial charge is 0.349 e. The first-order chi connectivity index (χ1) is 14.8. The number of piperidine rings is 1. The van der Waals surface area contributed by atoms with E-state index < -0.39 is 0 Å². The van der Waals surface area contributed by atoms with Crippen LogP contribution in [0.3, 0.4) is 0 Å². The number of carbonyl (C=O) groups is 2. The normalized spacial score (nSPS) is 23.4. The third kappa shape index (κ3) is 4.45. The van der Waals surface area contributed by atoms with Gasteiger partial charge in [0.25, 0.3) is 11.5 Å². The van der Waals surface area contributed by atoms with E-state index in [-0.39, 0.29) is 34.9 Å². The van der Waals surface area contributed by atoms with E-state index >= 15 is 0 Å². The zero-order chi connectivity index (χ0) is 22.1. The number of nitrogens with zero attached hydrogens (tertiary/aromatic N) is 2. The number of hydrogen-bond acceptors (Lipinski definition) is 4. The van der Waals surface area contributed by atoms with Gasteiger partial charge in [-0.3, -0.25) is 14.5 Å². The van der Waals surface area contributed by atoms with Crippen molar-refractivity contribution in [2.24, 2.45) is 0 Å². The van der Waals surface area contributed by atoms with Crippen molar-refractivity contribution in [1.29, 1.82) is 0 Å². The Labute approximate surface area is 183 Å². The van der Waals surface area contributed by atoms with E-state index in [9.17, 15) is 14.4 Å². The van der Waals surface area contributed by atoms with Gasteiger partial charge < -0.3 is 14.7 Å². The number of carbonyl (C=O) groups excluding carboxylic acids is 2. The number of hydrogen-bond donors (Lipinski definition) is 1. The summed E-state index contributed by atoms with van der Waals surface area (Å²) in [4.78, 5) is 40.1. The number of para-hydroxylation sites is 1. The van der Waals surface area contributed by atoms with Gasteiger partial charge in [0.1, 0.15) is 11.3 Å². The summed E-state index contributed by atoms with van der Waals surface area (Å²) in [7, 11) is 0. The van der Waals surface area contributed by atoms with Crippen LogP contribution in [0, 0.1) is 0 Å². The molecule has 1 aromatic carbocycles. The van der Waals surface area contributed by atoms with Gasteiger partial charge in [0, 0.05) is 30.6 Å². The van der Waals surface area contributed by atoms with E-state index in [2.05, 4.69) is 10.2 Å². The van der Waals surface area contributed by atoms with Crippen LogP contribution < -0.4 is 10.9 Å². The van der Waals surface area contributed by atoms with Crippen LogP contribution in [0.5, 0.6) is 0 Å². The lowest BCUT2D eigenvalue weighted by atomic mass is 9.96. The van der Waals surface area contributed by atoms with E-state index in [4.69, 9.17) is 0 Å². The van der Waals surface area contributed by atoms with Crippen LogP contribution >= 0.6 is 0 Å². The van der Waals surface area contributed by atoms with E-state index in [1.54, 1.807) is 17.6 Å². The maximum absolute atomic E-state index is 13.1. The SMILES string of the molecule is CC(=O)CCCN1[C@@H]2CC[C@H]1CC(NC(=O)c1cc3ccccc3n(C(C)C)c1=O)C2. The lowest BCUT2D eigenvalue weighted by Crippen LogP contribution is -2.51. The molecule has 4 rings (SSSR count). The van der Waals surface area contributed by atoms with Crippen LogP contribution in [0.25, 0.3) is 10.9 Å². The molecule has 6 heteroatoms. The van der Waals surface area contributed by atoms with Crippen molar-refractivity contribution in [3.05, 3.63) is 46.2 Å². The van der Waals surface area contributed by atoms with Crippen LogP contribution in [0.1, 0.15) is 75.7 Å². The fourth-order valence-corrected chi connectivity index (χ4v) is 5.49. The smallest absolute Gasteiger partial charge is 0.264 e. The molecule has 2 bridgehead atoms. The summed E-state index contributed by atoms with van der Waals surface area (Å²) in [5, 5.41) is 4.07. The molecular weight excluding hydrogens is 390 g/mol. The summed E-state index contributed by atoms with van der Waals surface area (Å²) in [6.07, 6.45) is 5.66. The van der Waals surface area contributed by atoms with Crippen LogP contribution in [-0.2, 0) is 4.79 Å². The highest BCUT2D eigenvalue weighted by atomic mass is 16.2. The Bertz CT molecular complexity index is 1030. The lowest BCUT2D eigenvalue weighted by Gasteiger charge is -2.39. The van der Waals surface area contributed by atoms with Gasteiger partial charge in [-0.05, 0) is 76.9 Å². The molecule has 0 aliphatic carbocycles. The Morgan fingerprint density at radius 3 is 2.45 bits per heavy atom. The predicted molar refractivity (Wildman–Crippen MR) is 123 cm³/mol. The number of aromatic nitrogens is 1. The standard InChI is InChI=1S/C25H33N3O3/c1-16(2)28-23-9-5-4-8-18(23)13-22(25(28)31)24(30)26-19-14-20-10-11-21(15-19)27(20)12-6-7-17(3)29/h4-5,8-9,13,16,19-21H,6-7,10-12,14-15H2,1-3H3,(H,26,30)/t19?,20-,21+. The lowest BCUT2D eigenvalue weighted by molar-refractivity contribution is -0.117. The Kier molecular flexibility index (Phi) is 6.28. The van der Waals surface area contributed by atoms with Crippen molar-refractivity contribution in [3.8, 4) is 0 Å². The summed E-state index contributed by atoms with van der Waals surface area (Å²) in [5.74, 6) is -0.0171. The van der Waals surface area contributed by atoms with E-state index in [0.717, 1.165) is 49.6 Å². The molecule has 0 radical (unpaired) electrons. The zero-order valence-electron chi connectivity index (χ0n) is 18.8. The number of fused-ring (bicyclic) bond motifs is 3. The molecule has 1 unspecified atom stereocenters. The maximum Gasteiger partial charge on any atom is 0.264 e. The number of ketones is 1. The summed E-state index contributed by atoms with van der Waals surface area (Å²) < 4.78 is 1.71. The highest BCUT2D eigenvalue weighted by molar-refractivity contribution is 5.97. The van der Waals surface area contributed by atoms with Crippen LogP contribution in [-0.4, -0.2) is 45.8 Å². The van der Waals surface area contributed by atoms with Crippen LogP contribution in [0.2, 0.25) is 0 Å². The molecule has 3 heterocycles. The molecule has 0 spiro atoms. The second-order valence-corrected chi connectivity index (χ2v) is 9.46. The van der Waals surface area contributed by atoms with Crippen molar-refractivity contribution in [1.82, 2.24) is 14.8 Å². The van der Waals surface area contributed by atoms with E-state index in [1.165, 1.54) is 0 Å². The molecule has 2 aliphatic rings. The number of pyridine rings is 1. The molecule has 166 valence electrons. The van der Waals surface area contributed by atoms with Gasteiger partial charge in [0.05, 0.1) is 5.52 Å². The fraction of sp³-hybridized carbons (Fsp3) is 0.560. The number of benzene rings is 1. The minimum absolute atomic E-state index is 0.0285. The Balaban J connectivity index is 1.49. The fourth-order valence-electron chi connectivity index (χ4n) is 5.49. The molecule has 0 saturated carbocycles. The molecule has 2 aliphatic heterocycles. The van der Waals surface area contributed by atoms with Crippen molar-refractivity contribution in [2.75, 3.05) is 6.54 Å². The molecular formula is C25H33N3O3. The number of rotatable bonds is 7. The number of Topliss-reactive ketones (excluding diaryl/α,β-unsaturated/α-hetero) is 1. The number of nitrogens with one attached hydrogen (secondary N) is 1. The topological polar surface area (TPSA) is 71.4 Å². The van der Waals surface area contributed by atoms with Gasteiger partial charge in [-0.25, -0.2) is 0 Å². The molecule has 31 heavy (non-hydrogen) atoms. The van der Waals surface area contributed by atoms with Crippen molar-refractivity contribution in [3.63, 3.8) is 0 Å². The van der Waals surface area contributed by atoms with Crippen LogP contribution in [0.4, 0.5) is 0 Å². The first kappa shape index (κ1) is 21.8. The summed E-state index contributed by atoms with van der Waals surface area (Å²) >= 11 is 0. The maximum atomic E-state index is 13.1. The minimum atomic E-state index is -0.264. The van der Waals surface area contributed by atoms with Gasteiger partial charge in [-0.2, -0.15) is 0 Å². The second kappa shape index (κ2) is 8.95. The van der Waals surface area contributed by atoms with Gasteiger partial charge in [-0.1, -0.05) is 18.2 Å². The van der Waals surface area contributed by atoms with Gasteiger partial charge in [0.2, 0.25) is 0 Å². The van der Waals surface area contributed by atoms with Gasteiger partial charge in [-0.15, -0.1) is 0 Å². The zero-order valence-corrected chi connectivity index (χ0v) is 18.8. The molecule has 2 fully saturated rings. The van der Waals surface area contributed by atoms with Gasteiger partial charge >= 0.3 is 0 Å². The summed E-state index contributed by atoms with van der Waals surface area (Å²) in [6, 6.07) is 10.4. The number of amides is 1. The third-order valence-electron chi connectivity index (χ3n) is 6.87. The van der Waals surface area contributed by atoms with E-state index in [1.807, 2.05) is 38.1 Å². The average molecular weight is 424 g/mol. The summed E-state index contributed by atoms with van der Waals surface area (Å²) in [5.41, 5.74) is 0.857. The first-order valence-corrected chi connectivity index (χ1v) is 11.6. The molecule has 2 aromatic rings. The highest BCUT2D eigenvalue weighted by Crippen LogP contribution is 2.36. The Morgan fingerprint density at radius 1 is 1.13 bits per heavy atom. The van der Waals surface area contributed by atoms with Gasteiger partial charge in [0.15, 0.2) is 0 Å². The molecule has 1 N–H and O–H groups in total. The average Bonchev–Trinajstić information content (AvgIpc) is 2.95. The monoisotopic (exact) mass is 423 g/mol. The second-order valence-electron chi connectivity index (χ2n) is 9.46. The molecule has 6 nitrogen and oxygen atoms in total. The quantitative estimate of drug-likeness (QED) is 0.738. The van der Waals surface area contributed by atoms with Crippen molar-refractivity contribution < 1.29 is 9.59 Å². The highest BCUT2D eigenvalue weighted by Gasteiger charge is 2.40. The molecule has 3 atom stereocenters. The van der Waals surface area contributed by atoms with Crippen molar-refractivity contribution in [2.45, 2.75) is 83.5 Å². The van der Waals surface area contributed by atoms with E-state index in [0.29, 0.717) is 18.5 Å². The predicted octanol–water partition coefficient (Wildman–Crippen LogP) is 3.68. The first-order valence-electron chi connectivity index (χ1n) is 11.6. The summed E-state index contributed by atoms with van der Waals surface area (Å²) in [6.45, 7) is 6.54. The molecule has 1 aromatic heterocycles. The third-order valence-corrected chi connectivity index (χ3v) is 6.87. The van der Waals surface area contributed by atoms with Crippen molar-refractivity contribution >= 4 is 22.6 Å². The minimum Gasteiger partial charge on any atom is -0.349 e. The Morgan fingerprint density at radius 2 is 1.81 bits per heavy atom. The van der Waals surface area contributed by atoms with Crippen LogP contribution in [0.15, 0.2) is 35.1 Å².